The highest BCUT2D eigenvalue weighted by Crippen LogP contribution is 2.28. The van der Waals surface area contributed by atoms with Crippen molar-refractivity contribution in [3.63, 3.8) is 0 Å². The summed E-state index contributed by atoms with van der Waals surface area (Å²) in [7, 11) is 0. The Hall–Kier alpha value is -1.95. The molecule has 0 saturated carbocycles. The summed E-state index contributed by atoms with van der Waals surface area (Å²) in [5.41, 5.74) is 2.08. The Balaban J connectivity index is 1.39. The molecule has 1 unspecified atom stereocenters. The number of hydrogen-bond acceptors (Lipinski definition) is 3. The van der Waals surface area contributed by atoms with Crippen LogP contribution in [0.5, 0.6) is 0 Å². The maximum atomic E-state index is 12.4. The molecule has 0 radical (unpaired) electrons. The van der Waals surface area contributed by atoms with Crippen molar-refractivity contribution in [2.45, 2.75) is 25.4 Å². The molecule has 134 valence electrons. The van der Waals surface area contributed by atoms with E-state index in [1.807, 2.05) is 36.4 Å². The summed E-state index contributed by atoms with van der Waals surface area (Å²) in [4.78, 5) is 18.5. The number of benzene rings is 2. The molecule has 26 heavy (non-hydrogen) atoms. The summed E-state index contributed by atoms with van der Waals surface area (Å²) in [6.45, 7) is 2.02. The SMILES string of the molecule is O=C(C[NH+]1CCC[C@@H]1c1nc2ccccc2s1)NCc1cccc(Cl)c1. The van der Waals surface area contributed by atoms with Crippen molar-refractivity contribution in [3.05, 3.63) is 64.1 Å². The van der Waals surface area contributed by atoms with Crippen molar-refractivity contribution < 1.29 is 9.69 Å². The second kappa shape index (κ2) is 7.74. The molecule has 3 aromatic rings. The number of carbonyl (C=O) groups is 1. The van der Waals surface area contributed by atoms with Crippen LogP contribution in [0.25, 0.3) is 10.2 Å². The van der Waals surface area contributed by atoms with Gasteiger partial charge in [-0.1, -0.05) is 35.9 Å². The van der Waals surface area contributed by atoms with E-state index in [4.69, 9.17) is 16.6 Å². The van der Waals surface area contributed by atoms with Crippen molar-refractivity contribution in [2.75, 3.05) is 13.1 Å². The van der Waals surface area contributed by atoms with Crippen LogP contribution in [0.15, 0.2) is 48.5 Å². The lowest BCUT2D eigenvalue weighted by molar-refractivity contribution is -0.910. The van der Waals surface area contributed by atoms with Crippen LogP contribution in [0, 0.1) is 0 Å². The van der Waals surface area contributed by atoms with Gasteiger partial charge in [-0.2, -0.15) is 0 Å². The average molecular weight is 387 g/mol. The number of nitrogens with one attached hydrogen (secondary N) is 2. The number of hydrogen-bond donors (Lipinski definition) is 2. The van der Waals surface area contributed by atoms with Crippen LogP contribution < -0.4 is 10.2 Å². The monoisotopic (exact) mass is 386 g/mol. The molecule has 1 fully saturated rings. The van der Waals surface area contributed by atoms with Crippen LogP contribution in [0.1, 0.15) is 29.5 Å². The third kappa shape index (κ3) is 3.90. The van der Waals surface area contributed by atoms with Gasteiger partial charge in [-0.05, 0) is 29.8 Å². The van der Waals surface area contributed by atoms with Gasteiger partial charge < -0.3 is 10.2 Å². The van der Waals surface area contributed by atoms with Crippen molar-refractivity contribution in [2.24, 2.45) is 0 Å². The van der Waals surface area contributed by atoms with Crippen LogP contribution >= 0.6 is 22.9 Å². The third-order valence-electron chi connectivity index (χ3n) is 4.86. The van der Waals surface area contributed by atoms with Crippen LogP contribution in [0.2, 0.25) is 5.02 Å². The maximum absolute atomic E-state index is 12.4. The van der Waals surface area contributed by atoms with E-state index >= 15 is 0 Å². The molecule has 4 nitrogen and oxygen atoms in total. The number of halogens is 1. The molecule has 1 aliphatic rings. The zero-order valence-electron chi connectivity index (χ0n) is 14.4. The largest absolute Gasteiger partial charge is 0.347 e. The van der Waals surface area contributed by atoms with Crippen LogP contribution in [0.3, 0.4) is 0 Å². The molecule has 0 bridgehead atoms. The number of fused-ring (bicyclic) bond motifs is 1. The molecule has 2 heterocycles. The fourth-order valence-corrected chi connectivity index (χ4v) is 4.95. The molecule has 1 amide bonds. The predicted molar refractivity (Wildman–Crippen MR) is 106 cm³/mol. The number of likely N-dealkylation sites (tertiary alicyclic amines) is 1. The van der Waals surface area contributed by atoms with E-state index in [1.165, 1.54) is 9.60 Å². The van der Waals surface area contributed by atoms with E-state index in [0.717, 1.165) is 35.5 Å². The summed E-state index contributed by atoms with van der Waals surface area (Å²) < 4.78 is 1.22. The van der Waals surface area contributed by atoms with Crippen LogP contribution in [-0.4, -0.2) is 24.0 Å². The molecule has 2 aromatic carbocycles. The summed E-state index contributed by atoms with van der Waals surface area (Å²) >= 11 is 7.75. The van der Waals surface area contributed by atoms with Crippen molar-refractivity contribution in [3.8, 4) is 0 Å². The standard InChI is InChI=1S/C20H20ClN3OS/c21-15-6-3-5-14(11-15)12-22-19(25)13-24-10-4-8-17(24)20-23-16-7-1-2-9-18(16)26-20/h1-3,5-7,9,11,17H,4,8,10,12-13H2,(H,22,25)/p+1/t17-/m1/s1. The van der Waals surface area contributed by atoms with Gasteiger partial charge in [0.2, 0.25) is 0 Å². The van der Waals surface area contributed by atoms with E-state index < -0.39 is 0 Å². The van der Waals surface area contributed by atoms with Gasteiger partial charge in [0.25, 0.3) is 5.91 Å². The molecule has 1 saturated heterocycles. The molecule has 1 aromatic heterocycles. The van der Waals surface area contributed by atoms with E-state index in [1.54, 1.807) is 11.3 Å². The molecule has 1 aliphatic heterocycles. The van der Waals surface area contributed by atoms with Crippen LogP contribution in [-0.2, 0) is 11.3 Å². The maximum Gasteiger partial charge on any atom is 0.275 e. The number of quaternary nitrogens is 1. The summed E-state index contributed by atoms with van der Waals surface area (Å²) in [6.07, 6.45) is 2.23. The Labute approximate surface area is 161 Å². The smallest absolute Gasteiger partial charge is 0.275 e. The lowest BCUT2D eigenvalue weighted by Crippen LogP contribution is -3.11. The second-order valence-electron chi connectivity index (χ2n) is 6.71. The fourth-order valence-electron chi connectivity index (χ4n) is 3.58. The summed E-state index contributed by atoms with van der Waals surface area (Å²) in [5.74, 6) is 0.0768. The van der Waals surface area contributed by atoms with E-state index in [0.29, 0.717) is 24.2 Å². The van der Waals surface area contributed by atoms with Crippen molar-refractivity contribution >= 4 is 39.1 Å². The van der Waals surface area contributed by atoms with Crippen LogP contribution in [0.4, 0.5) is 0 Å². The lowest BCUT2D eigenvalue weighted by atomic mass is 10.2. The molecule has 0 spiro atoms. The predicted octanol–water partition coefficient (Wildman–Crippen LogP) is 2.99. The first-order valence-electron chi connectivity index (χ1n) is 8.90. The van der Waals surface area contributed by atoms with Crippen molar-refractivity contribution in [1.82, 2.24) is 10.3 Å². The number of rotatable bonds is 5. The number of para-hydroxylation sites is 1. The Bertz CT molecular complexity index is 893. The first kappa shape index (κ1) is 17.5. The van der Waals surface area contributed by atoms with Crippen molar-refractivity contribution in [1.29, 1.82) is 0 Å². The van der Waals surface area contributed by atoms with Gasteiger partial charge in [0.05, 0.1) is 16.8 Å². The third-order valence-corrected chi connectivity index (χ3v) is 6.24. The highest BCUT2D eigenvalue weighted by Gasteiger charge is 2.33. The van der Waals surface area contributed by atoms with Gasteiger partial charge in [0.15, 0.2) is 11.6 Å². The van der Waals surface area contributed by atoms with E-state index in [-0.39, 0.29) is 5.91 Å². The summed E-state index contributed by atoms with van der Waals surface area (Å²) in [5, 5.41) is 4.86. The number of thiazole rings is 1. The zero-order chi connectivity index (χ0) is 17.9. The Morgan fingerprint density at radius 2 is 2.15 bits per heavy atom. The average Bonchev–Trinajstić information content (AvgIpc) is 3.26. The molecule has 2 atom stereocenters. The molecular formula is C20H21ClN3OS+. The highest BCUT2D eigenvalue weighted by atomic mass is 35.5. The second-order valence-corrected chi connectivity index (χ2v) is 8.20. The van der Waals surface area contributed by atoms with Gasteiger partial charge in [-0.25, -0.2) is 4.98 Å². The lowest BCUT2D eigenvalue weighted by Gasteiger charge is -2.19. The van der Waals surface area contributed by atoms with Gasteiger partial charge in [-0.15, -0.1) is 11.3 Å². The molecule has 2 N–H and O–H groups in total. The minimum Gasteiger partial charge on any atom is -0.347 e. The first-order chi connectivity index (χ1) is 12.7. The zero-order valence-corrected chi connectivity index (χ0v) is 15.9. The quantitative estimate of drug-likeness (QED) is 0.708. The molecule has 0 aliphatic carbocycles. The van der Waals surface area contributed by atoms with Gasteiger partial charge >= 0.3 is 0 Å². The Kier molecular flexibility index (Phi) is 5.20. The fraction of sp³-hybridized carbons (Fsp3) is 0.300. The molecule has 6 heteroatoms. The minimum absolute atomic E-state index is 0.0768. The van der Waals surface area contributed by atoms with Gasteiger partial charge in [0.1, 0.15) is 6.04 Å². The first-order valence-corrected chi connectivity index (χ1v) is 10.1. The van der Waals surface area contributed by atoms with Gasteiger partial charge in [-0.3, -0.25) is 4.79 Å². The topological polar surface area (TPSA) is 46.4 Å². The highest BCUT2D eigenvalue weighted by molar-refractivity contribution is 7.18. The number of carbonyl (C=O) groups excluding carboxylic acids is 1. The molecular weight excluding hydrogens is 366 g/mol. The number of nitrogens with zero attached hydrogens (tertiary/aromatic N) is 1. The number of amides is 1. The van der Waals surface area contributed by atoms with Gasteiger partial charge in [0, 0.05) is 24.4 Å². The van der Waals surface area contributed by atoms with E-state index in [2.05, 4.69) is 17.4 Å². The molecule has 4 rings (SSSR count). The Morgan fingerprint density at radius 3 is 3.00 bits per heavy atom. The Morgan fingerprint density at radius 1 is 1.27 bits per heavy atom. The number of aromatic nitrogens is 1. The normalized spacial score (nSPS) is 19.7. The van der Waals surface area contributed by atoms with E-state index in [9.17, 15) is 4.79 Å². The summed E-state index contributed by atoms with van der Waals surface area (Å²) in [6, 6.07) is 16.2. The minimum atomic E-state index is 0.0768.